The third-order valence-corrected chi connectivity index (χ3v) is 8.18. The monoisotopic (exact) mass is 645 g/mol. The molecular weight excluding hydrogens is 619 g/mol. The average molecular weight is 646 g/mol. The van der Waals surface area contributed by atoms with Gasteiger partial charge < -0.3 is 15.2 Å². The molecule has 2 N–H and O–H groups in total. The highest BCUT2D eigenvalue weighted by Gasteiger charge is 2.37. The van der Waals surface area contributed by atoms with Crippen molar-refractivity contribution in [1.29, 1.82) is 0 Å². The first-order chi connectivity index (χ1) is 21.3. The molecule has 0 aliphatic heterocycles. The molecule has 0 aromatic carbocycles. The van der Waals surface area contributed by atoms with Crippen molar-refractivity contribution in [3.05, 3.63) is 55.0 Å². The number of carboxylic acid groups (broad SMARTS) is 1. The van der Waals surface area contributed by atoms with E-state index >= 15 is 0 Å². The van der Waals surface area contributed by atoms with Crippen molar-refractivity contribution in [2.75, 3.05) is 23.6 Å². The molecule has 236 valence electrons. The van der Waals surface area contributed by atoms with E-state index < -0.39 is 39.4 Å². The van der Waals surface area contributed by atoms with E-state index in [0.717, 1.165) is 29.6 Å². The fourth-order valence-corrected chi connectivity index (χ4v) is 5.56. The molecule has 0 atom stereocenters. The highest BCUT2D eigenvalue weighted by molar-refractivity contribution is 7.90. The summed E-state index contributed by atoms with van der Waals surface area (Å²) >= 11 is 0. The second kappa shape index (κ2) is 12.5. The Labute approximate surface area is 254 Å². The van der Waals surface area contributed by atoms with Crippen molar-refractivity contribution in [2.45, 2.75) is 48.8 Å². The summed E-state index contributed by atoms with van der Waals surface area (Å²) in [5, 5.41) is 13.2. The van der Waals surface area contributed by atoms with Gasteiger partial charge in [0.2, 0.25) is 5.95 Å². The van der Waals surface area contributed by atoms with Gasteiger partial charge in [-0.25, -0.2) is 38.1 Å². The molecule has 1 aliphatic carbocycles. The molecule has 1 fully saturated rings. The van der Waals surface area contributed by atoms with E-state index in [4.69, 9.17) is 4.74 Å². The van der Waals surface area contributed by atoms with Gasteiger partial charge in [0.05, 0.1) is 17.7 Å². The molecule has 1 saturated carbocycles. The number of nitrogens with one attached hydrogen (secondary N) is 1. The standard InChI is InChI=1S/C27H26F3N9O5S/c1-44-25-35-11-16(12-36-25)22-23(33-8-7-32-22)39(26(40)41)18-5-3-17(4-6-18)37-24-34-14-20(27(28,29)30)21(38-24)15-9-19(13-31-10-15)45(2,42)43/h7-14,17-18H,3-6H2,1-2H3,(H,40,41)(H,34,37,38). The number of pyridine rings is 1. The lowest BCUT2D eigenvalue weighted by molar-refractivity contribution is -0.137. The van der Waals surface area contributed by atoms with Crippen LogP contribution in [0, 0.1) is 0 Å². The Kier molecular flexibility index (Phi) is 8.76. The van der Waals surface area contributed by atoms with Crippen LogP contribution in [0.15, 0.2) is 54.3 Å². The molecule has 45 heavy (non-hydrogen) atoms. The number of halogens is 3. The summed E-state index contributed by atoms with van der Waals surface area (Å²) in [5.41, 5.74) is -1.11. The highest BCUT2D eigenvalue weighted by Crippen LogP contribution is 2.37. The summed E-state index contributed by atoms with van der Waals surface area (Å²) in [6.07, 6.45) is 4.98. The van der Waals surface area contributed by atoms with Gasteiger partial charge in [0, 0.05) is 72.8 Å². The maximum absolute atomic E-state index is 13.8. The number of hydrogen-bond acceptors (Lipinski definition) is 12. The molecule has 18 heteroatoms. The minimum Gasteiger partial charge on any atom is -0.467 e. The third-order valence-electron chi connectivity index (χ3n) is 7.10. The summed E-state index contributed by atoms with van der Waals surface area (Å²) in [5.74, 6) is 0.00726. The topological polar surface area (TPSA) is 186 Å². The smallest absolute Gasteiger partial charge is 0.419 e. The Morgan fingerprint density at radius 1 is 0.956 bits per heavy atom. The van der Waals surface area contributed by atoms with Gasteiger partial charge in [-0.1, -0.05) is 0 Å². The van der Waals surface area contributed by atoms with E-state index in [0.29, 0.717) is 37.4 Å². The van der Waals surface area contributed by atoms with Crippen molar-refractivity contribution in [1.82, 2.24) is 34.9 Å². The molecule has 4 aromatic rings. The van der Waals surface area contributed by atoms with Gasteiger partial charge in [-0.2, -0.15) is 13.2 Å². The van der Waals surface area contributed by atoms with Gasteiger partial charge >= 0.3 is 18.3 Å². The van der Waals surface area contributed by atoms with Crippen molar-refractivity contribution < 1.29 is 36.2 Å². The summed E-state index contributed by atoms with van der Waals surface area (Å²) in [6.45, 7) is 0. The zero-order valence-corrected chi connectivity index (χ0v) is 24.6. The van der Waals surface area contributed by atoms with Crippen LogP contribution in [0.25, 0.3) is 22.5 Å². The maximum atomic E-state index is 13.8. The van der Waals surface area contributed by atoms with Crippen molar-refractivity contribution >= 4 is 27.7 Å². The quantitative estimate of drug-likeness (QED) is 0.279. The van der Waals surface area contributed by atoms with Crippen molar-refractivity contribution in [2.24, 2.45) is 0 Å². The Hall–Kier alpha value is -5.00. The largest absolute Gasteiger partial charge is 0.467 e. The van der Waals surface area contributed by atoms with Gasteiger partial charge in [-0.05, 0) is 31.7 Å². The fraction of sp³-hybridized carbons (Fsp3) is 0.333. The van der Waals surface area contributed by atoms with E-state index in [1.54, 1.807) is 0 Å². The second-order valence-corrected chi connectivity index (χ2v) is 12.1. The Morgan fingerprint density at radius 2 is 1.64 bits per heavy atom. The van der Waals surface area contributed by atoms with Crippen LogP contribution in [0.3, 0.4) is 0 Å². The number of carbonyl (C=O) groups is 1. The summed E-state index contributed by atoms with van der Waals surface area (Å²) in [4.78, 5) is 41.8. The number of sulfone groups is 1. The molecule has 0 bridgehead atoms. The number of alkyl halides is 3. The molecule has 0 spiro atoms. The molecule has 0 radical (unpaired) electrons. The number of nitrogens with zero attached hydrogens (tertiary/aromatic N) is 8. The van der Waals surface area contributed by atoms with Crippen LogP contribution in [-0.2, 0) is 16.0 Å². The number of aromatic nitrogens is 7. The fourth-order valence-electron chi connectivity index (χ4n) is 4.97. The van der Waals surface area contributed by atoms with Gasteiger partial charge in [-0.3, -0.25) is 14.9 Å². The predicted molar refractivity (Wildman–Crippen MR) is 153 cm³/mol. The zero-order chi connectivity index (χ0) is 32.4. The van der Waals surface area contributed by atoms with E-state index in [2.05, 4.69) is 40.2 Å². The summed E-state index contributed by atoms with van der Waals surface area (Å²) < 4.78 is 70.5. The van der Waals surface area contributed by atoms with E-state index in [9.17, 15) is 31.5 Å². The lowest BCUT2D eigenvalue weighted by atomic mass is 9.90. The maximum Gasteiger partial charge on any atom is 0.419 e. The normalized spacial score (nSPS) is 17.0. The number of methoxy groups -OCH3 is 1. The molecule has 0 unspecified atom stereocenters. The molecule has 14 nitrogen and oxygen atoms in total. The van der Waals surface area contributed by atoms with Crippen LogP contribution in [-0.4, -0.2) is 80.0 Å². The molecule has 4 aromatic heterocycles. The van der Waals surface area contributed by atoms with Crippen molar-refractivity contribution in [3.8, 4) is 28.5 Å². The van der Waals surface area contributed by atoms with Gasteiger partial charge in [0.15, 0.2) is 15.7 Å². The molecule has 1 amide bonds. The Morgan fingerprint density at radius 3 is 2.27 bits per heavy atom. The first kappa shape index (κ1) is 31.4. The van der Waals surface area contributed by atoms with Gasteiger partial charge in [-0.15, -0.1) is 0 Å². The SMILES string of the molecule is COc1ncc(-c2nccnc2N(C(=O)O)C2CCC(Nc3ncc(C(F)(F)F)c(-c4cncc(S(C)(=O)=O)c4)n3)CC2)cn1. The molecular formula is C27H26F3N9O5S. The first-order valence-electron chi connectivity index (χ1n) is 13.4. The number of rotatable bonds is 8. The van der Waals surface area contributed by atoms with E-state index in [1.807, 2.05) is 0 Å². The Balaban J connectivity index is 1.36. The Bertz CT molecular complexity index is 1800. The number of hydrogen-bond donors (Lipinski definition) is 2. The first-order valence-corrected chi connectivity index (χ1v) is 15.3. The zero-order valence-electron chi connectivity index (χ0n) is 23.8. The lowest BCUT2D eigenvalue weighted by Gasteiger charge is -2.35. The van der Waals surface area contributed by atoms with Crippen molar-refractivity contribution in [3.63, 3.8) is 0 Å². The van der Waals surface area contributed by atoms with Crippen LogP contribution >= 0.6 is 0 Å². The molecule has 4 heterocycles. The van der Waals surface area contributed by atoms with E-state index in [-0.39, 0.29) is 40.0 Å². The van der Waals surface area contributed by atoms with Crippen LogP contribution in [0.4, 0.5) is 29.7 Å². The lowest BCUT2D eigenvalue weighted by Crippen LogP contribution is -2.44. The summed E-state index contributed by atoms with van der Waals surface area (Å²) in [6, 6.07) is 0.435. The molecule has 1 aliphatic rings. The van der Waals surface area contributed by atoms with Gasteiger partial charge in [0.25, 0.3) is 0 Å². The van der Waals surface area contributed by atoms with Crippen LogP contribution in [0.5, 0.6) is 6.01 Å². The number of anilines is 2. The predicted octanol–water partition coefficient (Wildman–Crippen LogP) is 4.12. The molecule has 0 saturated heterocycles. The van der Waals surface area contributed by atoms with Gasteiger partial charge in [0.1, 0.15) is 11.3 Å². The van der Waals surface area contributed by atoms with Crippen LogP contribution in [0.2, 0.25) is 0 Å². The highest BCUT2D eigenvalue weighted by atomic mass is 32.2. The number of amides is 1. The second-order valence-electron chi connectivity index (χ2n) is 10.1. The van der Waals surface area contributed by atoms with E-state index in [1.165, 1.54) is 31.9 Å². The summed E-state index contributed by atoms with van der Waals surface area (Å²) in [7, 11) is -2.33. The average Bonchev–Trinajstić information content (AvgIpc) is 3.01. The van der Waals surface area contributed by atoms with Crippen LogP contribution in [0.1, 0.15) is 31.2 Å². The van der Waals surface area contributed by atoms with Crippen LogP contribution < -0.4 is 15.0 Å². The third kappa shape index (κ3) is 7.05. The minimum atomic E-state index is -4.82. The number of ether oxygens (including phenoxy) is 1. The minimum absolute atomic E-state index is 0.1000. The molecule has 5 rings (SSSR count).